The fourth-order valence-corrected chi connectivity index (χ4v) is 4.28. The van der Waals surface area contributed by atoms with Gasteiger partial charge in [-0.25, -0.2) is 14.4 Å². The quantitative estimate of drug-likeness (QED) is 0.267. The number of aromatic nitrogens is 7. The van der Waals surface area contributed by atoms with Gasteiger partial charge in [0.15, 0.2) is 5.65 Å². The number of aromatic amines is 1. The normalized spacial score (nSPS) is 11.9. The first-order valence-electron chi connectivity index (χ1n) is 12.0. The molecule has 0 aliphatic carbocycles. The van der Waals surface area contributed by atoms with Crippen LogP contribution >= 0.6 is 0 Å². The van der Waals surface area contributed by atoms with Crippen LogP contribution in [0.2, 0.25) is 0 Å². The van der Waals surface area contributed by atoms with Gasteiger partial charge < -0.3 is 14.4 Å². The molecule has 37 heavy (non-hydrogen) atoms. The number of nitrogens with zero attached hydrogens (tertiary/aromatic N) is 8. The Balaban J connectivity index is 1.80. The number of hydrogen-bond acceptors (Lipinski definition) is 6. The lowest BCUT2D eigenvalue weighted by Crippen LogP contribution is -2.34. The third kappa shape index (κ3) is 5.49. The van der Waals surface area contributed by atoms with Crippen LogP contribution in [0, 0.1) is 5.82 Å². The lowest BCUT2D eigenvalue weighted by atomic mass is 10.1. The molecule has 4 rings (SSSR count). The molecule has 0 aliphatic heterocycles. The van der Waals surface area contributed by atoms with E-state index in [1.54, 1.807) is 11.9 Å². The number of aryl methyl sites for hydroxylation is 3. The van der Waals surface area contributed by atoms with Crippen LogP contribution in [0.3, 0.4) is 0 Å². The van der Waals surface area contributed by atoms with Gasteiger partial charge in [-0.1, -0.05) is 11.7 Å². The molecule has 0 unspecified atom stereocenters. The summed E-state index contributed by atoms with van der Waals surface area (Å²) in [5.41, 5.74) is 1.39. The topological polar surface area (TPSA) is 82.6 Å². The van der Waals surface area contributed by atoms with Crippen LogP contribution in [-0.4, -0.2) is 43.5 Å². The molecule has 0 radical (unpaired) electrons. The second kappa shape index (κ2) is 10.3. The van der Waals surface area contributed by atoms with E-state index in [0.717, 1.165) is 47.7 Å². The average Bonchev–Trinajstić information content (AvgIpc) is 3.44. The van der Waals surface area contributed by atoms with Crippen LogP contribution in [0.1, 0.15) is 43.3 Å². The van der Waals surface area contributed by atoms with E-state index >= 15 is 0 Å². The third-order valence-corrected chi connectivity index (χ3v) is 6.16. The van der Waals surface area contributed by atoms with Gasteiger partial charge in [-0.05, 0) is 48.9 Å². The molecule has 9 nitrogen and oxygen atoms in total. The largest absolute Gasteiger partial charge is 0.416 e. The number of alkyl halides is 3. The highest BCUT2D eigenvalue weighted by molar-refractivity contribution is 5.76. The Labute approximate surface area is 211 Å². The second-order valence-corrected chi connectivity index (χ2v) is 8.79. The number of tetrazole rings is 1. The Kier molecular flexibility index (Phi) is 7.32. The van der Waals surface area contributed by atoms with E-state index in [9.17, 15) is 17.6 Å². The summed E-state index contributed by atoms with van der Waals surface area (Å²) in [4.78, 5) is 14.8. The minimum Gasteiger partial charge on any atom is -0.360 e. The zero-order valence-electron chi connectivity index (χ0n) is 21.4. The molecule has 0 saturated heterocycles. The van der Waals surface area contributed by atoms with E-state index in [-0.39, 0.29) is 24.6 Å². The average molecular weight is 521 g/mol. The maximum Gasteiger partial charge on any atom is 0.416 e. The Hall–Kier alpha value is -3.77. The van der Waals surface area contributed by atoms with Crippen LogP contribution in [0.25, 0.3) is 11.2 Å². The molecule has 0 atom stereocenters. The van der Waals surface area contributed by atoms with Gasteiger partial charge in [-0.15, -0.1) is 0 Å². The number of rotatable bonds is 9. The monoisotopic (exact) mass is 520 g/mol. The molecule has 3 aromatic heterocycles. The molecular weight excluding hydrogens is 490 g/mol. The number of fused-ring (bicyclic) bond motifs is 1. The maximum absolute atomic E-state index is 14.2. The number of halogens is 4. The SMILES string of the molecule is CCc1nc2cc(CN(Cc3cc(F)cc(C(F)(F)F)c3)c3n[nH][n+](C)n3)c(N(C)CC)nc2n1CC. The summed E-state index contributed by atoms with van der Waals surface area (Å²) in [7, 11) is 3.57. The first-order valence-corrected chi connectivity index (χ1v) is 12.0. The summed E-state index contributed by atoms with van der Waals surface area (Å²) in [6.07, 6.45) is -3.92. The van der Waals surface area contributed by atoms with Gasteiger partial charge in [0, 0.05) is 43.8 Å². The molecule has 0 bridgehead atoms. The predicted molar refractivity (Wildman–Crippen MR) is 130 cm³/mol. The van der Waals surface area contributed by atoms with Gasteiger partial charge in [-0.3, -0.25) is 0 Å². The summed E-state index contributed by atoms with van der Waals surface area (Å²) < 4.78 is 56.3. The maximum atomic E-state index is 14.2. The molecule has 4 aromatic rings. The van der Waals surface area contributed by atoms with E-state index < -0.39 is 17.6 Å². The number of hydrogen-bond donors (Lipinski definition) is 1. The van der Waals surface area contributed by atoms with Crippen LogP contribution in [0.4, 0.5) is 29.3 Å². The van der Waals surface area contributed by atoms with Crippen LogP contribution < -0.4 is 14.6 Å². The Morgan fingerprint density at radius 3 is 2.41 bits per heavy atom. The first-order chi connectivity index (χ1) is 17.5. The van der Waals surface area contributed by atoms with Crippen LogP contribution in [0.5, 0.6) is 0 Å². The molecule has 1 N–H and O–H groups in total. The predicted octanol–water partition coefficient (Wildman–Crippen LogP) is 3.78. The van der Waals surface area contributed by atoms with Crippen molar-refractivity contribution in [2.45, 2.75) is 53.0 Å². The van der Waals surface area contributed by atoms with Crippen LogP contribution in [0.15, 0.2) is 24.3 Å². The molecule has 13 heteroatoms. The summed E-state index contributed by atoms with van der Waals surface area (Å²) in [6, 6.07) is 4.47. The highest BCUT2D eigenvalue weighted by Crippen LogP contribution is 2.32. The number of H-pyrrole nitrogens is 1. The molecule has 0 saturated carbocycles. The molecule has 0 spiro atoms. The Morgan fingerprint density at radius 1 is 1.05 bits per heavy atom. The van der Waals surface area contributed by atoms with Gasteiger partial charge in [0.25, 0.3) is 0 Å². The van der Waals surface area contributed by atoms with Gasteiger partial charge >= 0.3 is 12.1 Å². The second-order valence-electron chi connectivity index (χ2n) is 8.79. The van der Waals surface area contributed by atoms with Gasteiger partial charge in [-0.2, -0.15) is 13.2 Å². The molecule has 1 aromatic carbocycles. The molecule has 0 aliphatic rings. The standard InChI is InChI=1S/C24H29F4N9/c1-6-20-29-19-11-16(21(34(4)7-2)30-22(19)37(20)8-3)14-36(23-31-33-35(5)32-23)13-15-9-17(24(26,27)28)12-18(25)10-15/h9-12H,6-8,13-14H2,1-5H3/p+1. The summed E-state index contributed by atoms with van der Waals surface area (Å²) in [5, 5.41) is 11.2. The van der Waals surface area contributed by atoms with Crippen molar-refractivity contribution in [2.75, 3.05) is 23.4 Å². The number of nitrogens with one attached hydrogen (secondary N) is 1. The summed E-state index contributed by atoms with van der Waals surface area (Å²) in [6.45, 7) is 7.63. The highest BCUT2D eigenvalue weighted by Gasteiger charge is 2.32. The van der Waals surface area contributed by atoms with Crippen molar-refractivity contribution in [3.8, 4) is 0 Å². The van der Waals surface area contributed by atoms with E-state index in [1.807, 2.05) is 38.8 Å². The van der Waals surface area contributed by atoms with Crippen molar-refractivity contribution in [3.05, 3.63) is 52.6 Å². The smallest absolute Gasteiger partial charge is 0.360 e. The van der Waals surface area contributed by atoms with E-state index in [2.05, 4.69) is 20.0 Å². The van der Waals surface area contributed by atoms with Gasteiger partial charge in [0.1, 0.15) is 30.0 Å². The molecule has 0 fully saturated rings. The summed E-state index contributed by atoms with van der Waals surface area (Å²) >= 11 is 0. The Bertz CT molecular complexity index is 1390. The minimum absolute atomic E-state index is 0.0599. The first kappa shape index (κ1) is 26.3. The van der Waals surface area contributed by atoms with E-state index in [0.29, 0.717) is 18.4 Å². The van der Waals surface area contributed by atoms with Gasteiger partial charge in [0.2, 0.25) is 0 Å². The minimum atomic E-state index is -4.67. The third-order valence-electron chi connectivity index (χ3n) is 6.16. The number of pyridine rings is 1. The summed E-state index contributed by atoms with van der Waals surface area (Å²) in [5.74, 6) is 0.924. The fraction of sp³-hybridized carbons (Fsp3) is 0.458. The van der Waals surface area contributed by atoms with Crippen molar-refractivity contribution >= 4 is 22.9 Å². The number of anilines is 2. The zero-order chi connectivity index (χ0) is 26.9. The van der Waals surface area contributed by atoms with Gasteiger partial charge in [0.05, 0.1) is 17.2 Å². The molecule has 0 amide bonds. The van der Waals surface area contributed by atoms with Crippen molar-refractivity contribution < 1.29 is 22.4 Å². The van der Waals surface area contributed by atoms with Crippen molar-refractivity contribution in [1.29, 1.82) is 0 Å². The lowest BCUT2D eigenvalue weighted by molar-refractivity contribution is -0.783. The Morgan fingerprint density at radius 2 is 1.81 bits per heavy atom. The van der Waals surface area contributed by atoms with Crippen LogP contribution in [-0.2, 0) is 39.3 Å². The fourth-order valence-electron chi connectivity index (χ4n) is 4.28. The number of benzene rings is 1. The molecular formula is C24H30F4N9+. The molecule has 198 valence electrons. The van der Waals surface area contributed by atoms with Crippen molar-refractivity contribution in [3.63, 3.8) is 0 Å². The molecule has 3 heterocycles. The highest BCUT2D eigenvalue weighted by atomic mass is 19.4. The number of imidazole rings is 1. The lowest BCUT2D eigenvalue weighted by Gasteiger charge is -2.24. The van der Waals surface area contributed by atoms with Crippen molar-refractivity contribution in [1.82, 2.24) is 29.9 Å². The van der Waals surface area contributed by atoms with Crippen molar-refractivity contribution in [2.24, 2.45) is 7.05 Å². The zero-order valence-corrected chi connectivity index (χ0v) is 21.4. The van der Waals surface area contributed by atoms with E-state index in [4.69, 9.17) is 9.97 Å². The van der Waals surface area contributed by atoms with E-state index in [1.165, 1.54) is 4.80 Å².